The summed E-state index contributed by atoms with van der Waals surface area (Å²) in [4.78, 5) is 9.69. The first kappa shape index (κ1) is 27.5. The predicted molar refractivity (Wildman–Crippen MR) is 197 cm³/mol. The average molecular weight is 590 g/mol. The molecule has 2 nitrogen and oxygen atoms in total. The number of hydrogen-bond donors (Lipinski definition) is 0. The van der Waals surface area contributed by atoms with E-state index in [4.69, 9.17) is 9.97 Å². The number of rotatable bonds is 6. The lowest BCUT2D eigenvalue weighted by molar-refractivity contribution is 1.38. The number of aromatic nitrogens is 2. The van der Waals surface area contributed by atoms with E-state index in [1.54, 1.807) is 0 Å². The summed E-state index contributed by atoms with van der Waals surface area (Å²) in [5, 5.41) is 5.74. The molecule has 7 aromatic rings. The zero-order chi connectivity index (χ0) is 30.4. The maximum Gasteiger partial charge on any atom is 0.265 e. The van der Waals surface area contributed by atoms with Gasteiger partial charge in [-0.25, -0.2) is 0 Å². The lowest BCUT2D eigenvalue weighted by atomic mass is 9.37. The Hall–Kier alpha value is -4.99. The quantitative estimate of drug-likeness (QED) is 0.278. The number of pyridine rings is 2. The fourth-order valence-corrected chi connectivity index (χ4v) is 10.6. The monoisotopic (exact) mass is 590 g/mol. The van der Waals surface area contributed by atoms with Gasteiger partial charge in [0.25, 0.3) is 13.4 Å². The second kappa shape index (κ2) is 11.2. The Morgan fingerprint density at radius 2 is 1.07 bits per heavy atom. The summed E-state index contributed by atoms with van der Waals surface area (Å²) in [7, 11) is -2.09. The summed E-state index contributed by atoms with van der Waals surface area (Å²) in [6.07, 6.45) is 3.82. The van der Waals surface area contributed by atoms with Gasteiger partial charge >= 0.3 is 0 Å². The van der Waals surface area contributed by atoms with E-state index >= 15 is 0 Å². The highest BCUT2D eigenvalue weighted by atomic mass is 28.3. The second-order valence-electron chi connectivity index (χ2n) is 12.6. The van der Waals surface area contributed by atoms with Gasteiger partial charge < -0.3 is 0 Å². The van der Waals surface area contributed by atoms with Crippen LogP contribution >= 0.6 is 0 Å². The normalized spacial score (nSPS) is 12.8. The van der Waals surface area contributed by atoms with E-state index in [1.807, 2.05) is 24.5 Å². The predicted octanol–water partition coefficient (Wildman–Crippen LogP) is 3.47. The summed E-state index contributed by atoms with van der Waals surface area (Å²) in [5.41, 5.74) is 9.98. The van der Waals surface area contributed by atoms with E-state index in [9.17, 15) is 0 Å². The Morgan fingerprint density at radius 1 is 0.467 bits per heavy atom. The summed E-state index contributed by atoms with van der Waals surface area (Å²) < 4.78 is 0. The minimum Gasteiger partial charge on any atom is -0.270 e. The highest BCUT2D eigenvalue weighted by molar-refractivity contribution is 7.04. The summed E-state index contributed by atoms with van der Waals surface area (Å²) in [5.74, 6) is 0. The highest BCUT2D eigenvalue weighted by Gasteiger charge is 2.38. The highest BCUT2D eigenvalue weighted by Crippen LogP contribution is 2.32. The minimum absolute atomic E-state index is 0.0512. The largest absolute Gasteiger partial charge is 0.270 e. The van der Waals surface area contributed by atoms with Crippen LogP contribution in [0.4, 0.5) is 0 Å². The molecule has 8 rings (SSSR count). The van der Waals surface area contributed by atoms with E-state index in [2.05, 4.69) is 147 Å². The van der Waals surface area contributed by atoms with E-state index in [-0.39, 0.29) is 13.4 Å². The first-order chi connectivity index (χ1) is 22.1. The molecule has 0 amide bonds. The lowest BCUT2D eigenvalue weighted by Crippen LogP contribution is -2.60. The van der Waals surface area contributed by atoms with Crippen molar-refractivity contribution in [3.05, 3.63) is 158 Å². The molecule has 45 heavy (non-hydrogen) atoms. The Morgan fingerprint density at radius 3 is 1.71 bits per heavy atom. The van der Waals surface area contributed by atoms with Crippen LogP contribution in [0.3, 0.4) is 0 Å². The SMILES string of the molecule is C[Si]1(C)c2cc(B(c3ccccc3)c3ccccn3)ccc2-c2ccc(B(c3ccccc3)c3ccccn3)c3cccc1c23. The summed E-state index contributed by atoms with van der Waals surface area (Å²) in [6.45, 7) is 5.17. The molecule has 5 heteroatoms. The van der Waals surface area contributed by atoms with Crippen LogP contribution in [0.15, 0.2) is 158 Å². The molecule has 0 fully saturated rings. The maximum atomic E-state index is 4.86. The molecule has 0 bridgehead atoms. The van der Waals surface area contributed by atoms with E-state index in [1.165, 1.54) is 54.1 Å². The van der Waals surface area contributed by atoms with Crippen molar-refractivity contribution in [1.29, 1.82) is 0 Å². The smallest absolute Gasteiger partial charge is 0.265 e. The van der Waals surface area contributed by atoms with E-state index in [0.29, 0.717) is 0 Å². The standard InChI is InChI=1S/C40H32B2N2Si/c1-45(2)36-19-13-18-34-35(42(30-16-7-4-8-17-30)39-21-10-12-27-44-39)25-24-33(40(34)36)32-23-22-31(28-37(32)45)41(29-14-5-3-6-15-29)38-20-9-11-26-43-38/h3-28H,1-2H3. The maximum absolute atomic E-state index is 4.86. The van der Waals surface area contributed by atoms with Crippen molar-refractivity contribution in [2.75, 3.05) is 0 Å². The third-order valence-corrected chi connectivity index (χ3v) is 13.2. The molecule has 0 unspecified atom stereocenters. The van der Waals surface area contributed by atoms with Crippen molar-refractivity contribution in [2.45, 2.75) is 13.1 Å². The number of benzene rings is 5. The Bertz CT molecular complexity index is 2060. The topological polar surface area (TPSA) is 25.8 Å². The van der Waals surface area contributed by atoms with Crippen molar-refractivity contribution in [1.82, 2.24) is 9.97 Å². The van der Waals surface area contributed by atoms with Crippen LogP contribution in [0.5, 0.6) is 0 Å². The van der Waals surface area contributed by atoms with Crippen LogP contribution in [-0.2, 0) is 0 Å². The van der Waals surface area contributed by atoms with Gasteiger partial charge in [-0.3, -0.25) is 9.97 Å². The van der Waals surface area contributed by atoms with Crippen molar-refractivity contribution in [3.8, 4) is 11.1 Å². The third-order valence-electron chi connectivity index (χ3n) is 9.63. The van der Waals surface area contributed by atoms with Gasteiger partial charge in [-0.2, -0.15) is 0 Å². The molecule has 1 aliphatic heterocycles. The summed E-state index contributed by atoms with van der Waals surface area (Å²) in [6, 6.07) is 53.1. The number of hydrogen-bond acceptors (Lipinski definition) is 2. The molecule has 0 atom stereocenters. The molecular weight excluding hydrogens is 558 g/mol. The van der Waals surface area contributed by atoms with Crippen LogP contribution < -0.4 is 43.4 Å². The molecule has 5 aromatic carbocycles. The van der Waals surface area contributed by atoms with Crippen molar-refractivity contribution < 1.29 is 0 Å². The Labute approximate surface area is 267 Å². The van der Waals surface area contributed by atoms with Crippen molar-refractivity contribution in [3.63, 3.8) is 0 Å². The van der Waals surface area contributed by atoms with Gasteiger partial charge in [0.05, 0.1) is 0 Å². The van der Waals surface area contributed by atoms with Crippen LogP contribution in [0, 0.1) is 0 Å². The fourth-order valence-electron chi connectivity index (χ4n) is 7.49. The first-order valence-corrected chi connectivity index (χ1v) is 18.7. The van der Waals surface area contributed by atoms with Crippen LogP contribution in [0.25, 0.3) is 21.9 Å². The molecule has 0 spiro atoms. The molecule has 1 aliphatic rings. The fraction of sp³-hybridized carbons (Fsp3) is 0.0500. The zero-order valence-corrected chi connectivity index (χ0v) is 26.6. The van der Waals surface area contributed by atoms with Gasteiger partial charge in [-0.05, 0) is 56.5 Å². The zero-order valence-electron chi connectivity index (χ0n) is 25.6. The average Bonchev–Trinajstić information content (AvgIpc) is 3.10. The molecule has 2 aromatic heterocycles. The van der Waals surface area contributed by atoms with Gasteiger partial charge in [0.15, 0.2) is 0 Å². The molecule has 0 saturated heterocycles. The van der Waals surface area contributed by atoms with Crippen molar-refractivity contribution >= 4 is 75.7 Å². The van der Waals surface area contributed by atoms with Crippen LogP contribution in [0.1, 0.15) is 0 Å². The molecule has 212 valence electrons. The van der Waals surface area contributed by atoms with Crippen LogP contribution in [0.2, 0.25) is 13.1 Å². The van der Waals surface area contributed by atoms with Gasteiger partial charge in [0.2, 0.25) is 0 Å². The summed E-state index contributed by atoms with van der Waals surface area (Å²) >= 11 is 0. The second-order valence-corrected chi connectivity index (χ2v) is 16.9. The third kappa shape index (κ3) is 4.67. The number of fused-ring (bicyclic) bond motifs is 2. The molecule has 0 N–H and O–H groups in total. The first-order valence-electron chi connectivity index (χ1n) is 15.7. The van der Waals surface area contributed by atoms with Gasteiger partial charge in [0, 0.05) is 23.6 Å². The molecular formula is C40H32B2N2Si. The molecule has 0 aliphatic carbocycles. The Kier molecular flexibility index (Phi) is 6.84. The molecule has 0 saturated carbocycles. The van der Waals surface area contributed by atoms with E-state index < -0.39 is 8.07 Å². The Balaban J connectivity index is 1.34. The van der Waals surface area contributed by atoms with E-state index in [0.717, 1.165) is 11.2 Å². The molecule has 0 radical (unpaired) electrons. The molecule has 3 heterocycles. The van der Waals surface area contributed by atoms with Crippen LogP contribution in [-0.4, -0.2) is 31.5 Å². The van der Waals surface area contributed by atoms with Gasteiger partial charge in [-0.15, -0.1) is 0 Å². The number of nitrogens with zero attached hydrogens (tertiary/aromatic N) is 2. The van der Waals surface area contributed by atoms with Gasteiger partial charge in [0.1, 0.15) is 8.07 Å². The van der Waals surface area contributed by atoms with Gasteiger partial charge in [-0.1, -0.05) is 156 Å². The minimum atomic E-state index is -2.09. The van der Waals surface area contributed by atoms with Crippen molar-refractivity contribution in [2.24, 2.45) is 0 Å². The lowest BCUT2D eigenvalue weighted by Gasteiger charge is -2.35.